The Hall–Kier alpha value is -10.9. The Kier molecular flexibility index (Phi) is 15.7. The average molecular weight is 1520 g/mol. The zero-order chi connectivity index (χ0) is 80.0. The fraction of sp³-hybridized carbons (Fsp3) is 0.245. The summed E-state index contributed by atoms with van der Waals surface area (Å²) in [4.78, 5) is 0. The molecule has 3 aliphatic heterocycles. The largest absolute Gasteiger partial charge is 0.488 e. The van der Waals surface area contributed by atoms with Gasteiger partial charge in [-0.05, 0) is 317 Å². The maximum absolute atomic E-state index is 6.70. The highest BCUT2D eigenvalue weighted by Gasteiger charge is 2.64. The zero-order valence-electron chi connectivity index (χ0n) is 69.5. The van der Waals surface area contributed by atoms with Crippen molar-refractivity contribution in [2.45, 2.75) is 168 Å². The normalized spacial score (nSPS) is 18.3. The van der Waals surface area contributed by atoms with Gasteiger partial charge < -0.3 is 37.2 Å². The summed E-state index contributed by atoms with van der Waals surface area (Å²) in [5.74, 6) is 0. The first-order valence-corrected chi connectivity index (χ1v) is 41.4. The number of ether oxygens (including phenoxy) is 2. The number of benzene rings is 16. The Morgan fingerprint density at radius 1 is 0.241 bits per heavy atom. The average Bonchev–Trinajstić information content (AvgIpc) is 1.47. The molecule has 0 bridgehead atoms. The number of rotatable bonds is 4. The molecule has 18 aromatic rings. The molecule has 10 heteroatoms. The summed E-state index contributed by atoms with van der Waals surface area (Å²) in [6.07, 6.45) is -0.459. The van der Waals surface area contributed by atoms with E-state index in [9.17, 15) is 0 Å². The lowest BCUT2D eigenvalue weighted by atomic mass is 9.49. The van der Waals surface area contributed by atoms with E-state index in [4.69, 9.17) is 28.1 Å². The Labute approximate surface area is 679 Å². The molecule has 0 radical (unpaired) electrons. The van der Waals surface area contributed by atoms with Crippen LogP contribution in [0.5, 0.6) is 0 Å². The molecule has 2 aliphatic carbocycles. The molecule has 2 aromatic heterocycles. The number of nitrogens with zero attached hydrogens (tertiary/aromatic N) is 2. The van der Waals surface area contributed by atoms with E-state index in [1.807, 2.05) is 55.4 Å². The molecule has 0 N–H and O–H groups in total. The van der Waals surface area contributed by atoms with Gasteiger partial charge in [-0.1, -0.05) is 204 Å². The van der Waals surface area contributed by atoms with E-state index in [-0.39, 0.29) is 33.2 Å². The van der Waals surface area contributed by atoms with Gasteiger partial charge in [0.15, 0.2) is 6.29 Å². The molecule has 0 unspecified atom stereocenters. The Bertz CT molecular complexity index is 7180. The number of hydrogen-bond acceptors (Lipinski definition) is 6. The molecule has 3 saturated heterocycles. The second kappa shape index (κ2) is 25.1. The topological polar surface area (TPSA) is 65.2 Å². The van der Waals surface area contributed by atoms with Crippen LogP contribution in [0.2, 0.25) is 0 Å². The second-order valence-electron chi connectivity index (χ2n) is 37.4. The predicted molar refractivity (Wildman–Crippen MR) is 487 cm³/mol. The van der Waals surface area contributed by atoms with Crippen LogP contribution < -0.4 is 0 Å². The summed E-state index contributed by atoms with van der Waals surface area (Å²) in [6, 6.07) is 99.7. The number of fused-ring (bicyclic) bond motifs is 28. The fourth-order valence-electron chi connectivity index (χ4n) is 20.1. The van der Waals surface area contributed by atoms with E-state index in [1.54, 1.807) is 0 Å². The number of para-hydroxylation sites is 4. The van der Waals surface area contributed by atoms with Gasteiger partial charge in [-0.2, -0.15) is 0 Å². The second-order valence-corrected chi connectivity index (χ2v) is 37.4. The van der Waals surface area contributed by atoms with E-state index >= 15 is 0 Å². The van der Waals surface area contributed by atoms with Gasteiger partial charge in [-0.3, -0.25) is 0 Å². The number of hydrogen-bond donors (Lipinski definition) is 0. The van der Waals surface area contributed by atoms with Gasteiger partial charge in [-0.15, -0.1) is 0 Å². The van der Waals surface area contributed by atoms with Crippen molar-refractivity contribution in [3.8, 4) is 33.6 Å². The molecule has 0 atom stereocenters. The van der Waals surface area contributed by atoms with Gasteiger partial charge in [0.25, 0.3) is 0 Å². The van der Waals surface area contributed by atoms with Crippen LogP contribution in [-0.4, -0.2) is 56.8 Å². The molecule has 0 amide bonds. The molecular formula is C106H96B2N2O6. The van der Waals surface area contributed by atoms with Crippen LogP contribution in [-0.2, 0) is 38.9 Å². The SMILES string of the molecule is CC1(C)OB(B2OC(C)(C)C(C)(C)O2)OC1(C)C.CC1(C)c2cc3c(cc2-c2cc4c5ccccc5n(-c5ccccc5)c4cc21)c1ccccc1c1cc(C2OC(C)(C)C(C)(C)O2)c2ccccc2c31.Cc1cc2c3ccccc3c3cc4c(cc3c2c2ccccc12)C(C)(C)c1cc2c(cc1-4)c1ccccc1n2-c1ccccc1. The number of aromatic nitrogens is 2. The third-order valence-electron chi connectivity index (χ3n) is 28.4. The van der Waals surface area contributed by atoms with Crippen molar-refractivity contribution < 1.29 is 28.1 Å². The molecule has 5 heterocycles. The van der Waals surface area contributed by atoms with Crippen molar-refractivity contribution >= 4 is 144 Å². The summed E-state index contributed by atoms with van der Waals surface area (Å²) < 4.78 is 42.1. The minimum absolute atomic E-state index is 0.149. The lowest BCUT2D eigenvalue weighted by Gasteiger charge is -2.32. The minimum Gasteiger partial charge on any atom is -0.405 e. The van der Waals surface area contributed by atoms with Crippen LogP contribution in [0.15, 0.2) is 267 Å². The van der Waals surface area contributed by atoms with Crippen LogP contribution in [0.1, 0.15) is 150 Å². The standard InChI is InChI=1S/C50H41NO2.C44H31N.C12H24B2O4/c1-48(2)42-27-40-35(24-36(42)37-25-38-33-21-14-15-23-44(33)51(45(38)28-43(37)48)29-16-8-7-9-17-29)30-18-10-11-19-31(30)39-26-41(32-20-12-13-22-34(32)46(39)40)47-52-49(3,4)50(5,6)53-47;1-26-21-37-30-17-9-8-16-29(30)33-22-34-35-23-36-31-18-11-12-20-41(31)45(27-13-5-4-6-14-27)42(36)25-40(35)44(2,3)39(34)24-38(33)43(37)32-19-10-7-15-28(26)32;1-9(2)10(3,4)16-13(15-9)14-17-11(5,6)12(7,8)18-14/h7-28,47H,1-6H3;4-25H,1-3H3;1-8H3. The highest BCUT2D eigenvalue weighted by atomic mass is 16.7. The predicted octanol–water partition coefficient (Wildman–Crippen LogP) is 27.6. The summed E-state index contributed by atoms with van der Waals surface area (Å²) in [5.41, 5.74) is 18.1. The highest BCUT2D eigenvalue weighted by Crippen LogP contribution is 2.58. The Morgan fingerprint density at radius 3 is 0.931 bits per heavy atom. The minimum atomic E-state index is -0.476. The third kappa shape index (κ3) is 10.5. The lowest BCUT2D eigenvalue weighted by molar-refractivity contribution is -0.0885. The molecule has 0 spiro atoms. The first kappa shape index (κ1) is 72.8. The van der Waals surface area contributed by atoms with Crippen LogP contribution >= 0.6 is 0 Å². The maximum Gasteiger partial charge on any atom is 0.488 e. The molecule has 8 nitrogen and oxygen atoms in total. The van der Waals surface area contributed by atoms with E-state index in [0.717, 1.165) is 5.56 Å². The van der Waals surface area contributed by atoms with Crippen LogP contribution in [0, 0.1) is 6.92 Å². The molecular weight excluding hydrogens is 1420 g/mol. The zero-order valence-corrected chi connectivity index (χ0v) is 69.5. The van der Waals surface area contributed by atoms with Gasteiger partial charge in [0.1, 0.15) is 0 Å². The molecule has 572 valence electrons. The summed E-state index contributed by atoms with van der Waals surface area (Å²) in [7, 11) is -0.952. The van der Waals surface area contributed by atoms with Gasteiger partial charge >= 0.3 is 14.0 Å². The Morgan fingerprint density at radius 2 is 0.534 bits per heavy atom. The third-order valence-corrected chi connectivity index (χ3v) is 28.4. The van der Waals surface area contributed by atoms with Crippen molar-refractivity contribution in [1.29, 1.82) is 0 Å². The van der Waals surface area contributed by atoms with Gasteiger partial charge in [0.2, 0.25) is 0 Å². The molecule has 3 fully saturated rings. The van der Waals surface area contributed by atoms with Crippen LogP contribution in [0.25, 0.3) is 163 Å². The van der Waals surface area contributed by atoms with E-state index in [0.29, 0.717) is 0 Å². The molecule has 116 heavy (non-hydrogen) atoms. The van der Waals surface area contributed by atoms with Crippen LogP contribution in [0.4, 0.5) is 0 Å². The highest BCUT2D eigenvalue weighted by molar-refractivity contribution is 7.11. The molecule has 5 aliphatic rings. The van der Waals surface area contributed by atoms with Crippen molar-refractivity contribution in [1.82, 2.24) is 9.13 Å². The first-order chi connectivity index (χ1) is 55.4. The van der Waals surface area contributed by atoms with E-state index < -0.39 is 31.5 Å². The quantitative estimate of drug-likeness (QED) is 0.129. The molecule has 0 saturated carbocycles. The summed E-state index contributed by atoms with van der Waals surface area (Å²) in [6.45, 7) is 36.6. The molecule has 23 rings (SSSR count). The van der Waals surface area contributed by atoms with Crippen molar-refractivity contribution in [2.24, 2.45) is 0 Å². The first-order valence-electron chi connectivity index (χ1n) is 41.4. The summed E-state index contributed by atoms with van der Waals surface area (Å²) >= 11 is 0. The molecule has 16 aromatic carbocycles. The fourth-order valence-corrected chi connectivity index (χ4v) is 20.1. The number of aryl methyl sites for hydroxylation is 1. The van der Waals surface area contributed by atoms with Gasteiger partial charge in [0, 0.05) is 49.3 Å². The maximum atomic E-state index is 6.70. The van der Waals surface area contributed by atoms with Gasteiger partial charge in [-0.25, -0.2) is 0 Å². The van der Waals surface area contributed by atoms with E-state index in [2.05, 4.69) is 338 Å². The monoisotopic (exact) mass is 1510 g/mol. The van der Waals surface area contributed by atoms with Crippen LogP contribution in [0.3, 0.4) is 0 Å². The van der Waals surface area contributed by atoms with Crippen molar-refractivity contribution in [3.63, 3.8) is 0 Å². The smallest absolute Gasteiger partial charge is 0.405 e. The Balaban J connectivity index is 0.000000121. The summed E-state index contributed by atoms with van der Waals surface area (Å²) in [5, 5.41) is 25.9. The van der Waals surface area contributed by atoms with Crippen molar-refractivity contribution in [2.75, 3.05) is 0 Å². The van der Waals surface area contributed by atoms with Gasteiger partial charge in [0.05, 0.1) is 55.7 Å². The van der Waals surface area contributed by atoms with E-state index in [1.165, 1.54) is 191 Å². The lowest BCUT2D eigenvalue weighted by Crippen LogP contribution is -2.41. The van der Waals surface area contributed by atoms with Crippen molar-refractivity contribution in [3.05, 3.63) is 300 Å².